The van der Waals surface area contributed by atoms with E-state index in [4.69, 9.17) is 5.73 Å². The molecule has 1 saturated carbocycles. The largest absolute Gasteiger partial charge is 0.383 e. The molecule has 1 fully saturated rings. The minimum absolute atomic E-state index is 0.00604. The van der Waals surface area contributed by atoms with E-state index in [2.05, 4.69) is 20.8 Å². The molecule has 7 nitrogen and oxygen atoms in total. The summed E-state index contributed by atoms with van der Waals surface area (Å²) < 4.78 is 14.4. The number of nitrogens with two attached hydrogens (primary N) is 1. The number of anilines is 1. The summed E-state index contributed by atoms with van der Waals surface area (Å²) in [6.45, 7) is 0.782. The van der Waals surface area contributed by atoms with Crippen molar-refractivity contribution in [3.63, 3.8) is 0 Å². The van der Waals surface area contributed by atoms with Gasteiger partial charge in [0.2, 0.25) is 0 Å². The Morgan fingerprint density at radius 1 is 1.28 bits per heavy atom. The second-order valence-electron chi connectivity index (χ2n) is 7.90. The van der Waals surface area contributed by atoms with Crippen LogP contribution in [0, 0.1) is 5.82 Å². The van der Waals surface area contributed by atoms with Crippen LogP contribution in [0.3, 0.4) is 0 Å². The number of nitrogens with one attached hydrogen (secondary N) is 3. The number of nitrogens with zero attached hydrogens (tertiary/aromatic N) is 1. The summed E-state index contributed by atoms with van der Waals surface area (Å²) in [4.78, 5) is 24.7. The van der Waals surface area contributed by atoms with Crippen LogP contribution in [-0.4, -0.2) is 34.7 Å². The second-order valence-corrected chi connectivity index (χ2v) is 7.90. The number of amides is 1. The van der Waals surface area contributed by atoms with E-state index in [1.807, 2.05) is 0 Å². The summed E-state index contributed by atoms with van der Waals surface area (Å²) >= 11 is 0. The summed E-state index contributed by atoms with van der Waals surface area (Å²) in [6, 6.07) is 4.27. The van der Waals surface area contributed by atoms with E-state index < -0.39 is 11.7 Å². The average Bonchev–Trinajstić information content (AvgIpc) is 2.73. The fraction of sp³-hybridized carbons (Fsp3) is 0.476. The molecule has 0 radical (unpaired) electrons. The maximum atomic E-state index is 14.4. The van der Waals surface area contributed by atoms with Crippen molar-refractivity contribution in [1.29, 1.82) is 0 Å². The minimum atomic E-state index is -0.565. The summed E-state index contributed by atoms with van der Waals surface area (Å²) in [7, 11) is 0. The Labute approximate surface area is 168 Å². The van der Waals surface area contributed by atoms with E-state index in [0.717, 1.165) is 49.9 Å². The predicted octanol–water partition coefficient (Wildman–Crippen LogP) is 1.86. The van der Waals surface area contributed by atoms with Crippen LogP contribution in [0.2, 0.25) is 0 Å². The van der Waals surface area contributed by atoms with Gasteiger partial charge in [-0.3, -0.25) is 9.59 Å². The number of H-pyrrole nitrogens is 1. The molecule has 2 atom stereocenters. The van der Waals surface area contributed by atoms with Crippen molar-refractivity contribution >= 4 is 11.6 Å². The van der Waals surface area contributed by atoms with Gasteiger partial charge in [-0.15, -0.1) is 0 Å². The Balaban J connectivity index is 1.56. The maximum absolute atomic E-state index is 14.4. The van der Waals surface area contributed by atoms with Gasteiger partial charge in [-0.1, -0.05) is 18.9 Å². The molecule has 0 saturated heterocycles. The lowest BCUT2D eigenvalue weighted by Gasteiger charge is -2.29. The molecule has 2 aliphatic rings. The molecular formula is C21H26FN5O2. The number of rotatable bonds is 4. The van der Waals surface area contributed by atoms with Crippen LogP contribution in [0.4, 0.5) is 10.1 Å². The molecule has 5 N–H and O–H groups in total. The molecule has 4 rings (SSSR count). The third-order valence-electron chi connectivity index (χ3n) is 5.85. The fourth-order valence-electron chi connectivity index (χ4n) is 4.22. The van der Waals surface area contributed by atoms with Crippen LogP contribution in [0.1, 0.15) is 59.3 Å². The first-order chi connectivity index (χ1) is 14.0. The Kier molecular flexibility index (Phi) is 5.62. The molecule has 29 heavy (non-hydrogen) atoms. The molecule has 2 unspecified atom stereocenters. The predicted molar refractivity (Wildman–Crippen MR) is 109 cm³/mol. The second kappa shape index (κ2) is 8.32. The van der Waals surface area contributed by atoms with E-state index in [9.17, 15) is 14.0 Å². The lowest BCUT2D eigenvalue weighted by molar-refractivity contribution is 0.0917. The highest BCUT2D eigenvalue weighted by Crippen LogP contribution is 2.24. The monoisotopic (exact) mass is 399 g/mol. The number of fused-ring (bicyclic) bond motifs is 1. The summed E-state index contributed by atoms with van der Waals surface area (Å²) in [5, 5.41) is 12.9. The summed E-state index contributed by atoms with van der Waals surface area (Å²) in [6.07, 6.45) is 5.72. The molecule has 1 aliphatic heterocycles. The molecule has 0 spiro atoms. The van der Waals surface area contributed by atoms with Gasteiger partial charge in [-0.05, 0) is 43.4 Å². The van der Waals surface area contributed by atoms with Gasteiger partial charge in [-0.25, -0.2) is 9.49 Å². The van der Waals surface area contributed by atoms with Gasteiger partial charge in [-0.2, -0.15) is 5.10 Å². The van der Waals surface area contributed by atoms with Crippen LogP contribution in [0.5, 0.6) is 0 Å². The van der Waals surface area contributed by atoms with Gasteiger partial charge in [0.1, 0.15) is 5.82 Å². The number of hydrogen-bond donors (Lipinski definition) is 4. The normalized spacial score (nSPS) is 21.2. The van der Waals surface area contributed by atoms with Crippen LogP contribution in [0.25, 0.3) is 0 Å². The number of aromatic amines is 1. The topological polar surface area (TPSA) is 113 Å². The first kappa shape index (κ1) is 19.6. The molecular weight excluding hydrogens is 373 g/mol. The quantitative estimate of drug-likeness (QED) is 0.627. The third-order valence-corrected chi connectivity index (χ3v) is 5.85. The summed E-state index contributed by atoms with van der Waals surface area (Å²) in [5.41, 5.74) is 8.81. The lowest BCUT2D eigenvalue weighted by Crippen LogP contribution is -2.49. The smallest absolute Gasteiger partial charge is 0.269 e. The van der Waals surface area contributed by atoms with Crippen LogP contribution in [-0.2, 0) is 12.8 Å². The number of aromatic nitrogens is 2. The number of hydrogen-bond acceptors (Lipinski definition) is 5. The molecule has 8 heteroatoms. The van der Waals surface area contributed by atoms with Crippen molar-refractivity contribution in [2.24, 2.45) is 5.73 Å². The van der Waals surface area contributed by atoms with Crippen molar-refractivity contribution in [3.05, 3.63) is 56.8 Å². The molecule has 1 amide bonds. The highest BCUT2D eigenvalue weighted by molar-refractivity contribution is 5.95. The molecule has 2 heterocycles. The average molecular weight is 399 g/mol. The van der Waals surface area contributed by atoms with Gasteiger partial charge in [0.25, 0.3) is 11.5 Å². The Morgan fingerprint density at radius 3 is 2.93 bits per heavy atom. The molecule has 154 valence electrons. The van der Waals surface area contributed by atoms with E-state index in [0.29, 0.717) is 24.1 Å². The third kappa shape index (κ3) is 4.17. The molecule has 2 aromatic rings. The van der Waals surface area contributed by atoms with Gasteiger partial charge in [0, 0.05) is 30.6 Å². The zero-order valence-corrected chi connectivity index (χ0v) is 16.3. The highest BCUT2D eigenvalue weighted by Gasteiger charge is 2.25. The summed E-state index contributed by atoms with van der Waals surface area (Å²) in [5.74, 6) is -1.01. The number of halogens is 1. The van der Waals surface area contributed by atoms with Crippen molar-refractivity contribution in [3.8, 4) is 0 Å². The van der Waals surface area contributed by atoms with Crippen LogP contribution in [0.15, 0.2) is 23.0 Å². The number of carbonyl (C=O) groups is 1. The SMILES string of the molecule is NC1CCCCC1NC(=O)c1cc(Cc2n[nH]c(=O)c3c2NCCC3)ccc1F. The first-order valence-electron chi connectivity index (χ1n) is 10.2. The van der Waals surface area contributed by atoms with E-state index in [-0.39, 0.29) is 23.2 Å². The Bertz CT molecular complexity index is 974. The van der Waals surface area contributed by atoms with Crippen molar-refractivity contribution in [1.82, 2.24) is 15.5 Å². The molecule has 1 aromatic carbocycles. The maximum Gasteiger partial charge on any atom is 0.269 e. The van der Waals surface area contributed by atoms with Gasteiger partial charge < -0.3 is 16.4 Å². The lowest BCUT2D eigenvalue weighted by atomic mass is 9.90. The standard InChI is InChI=1S/C21H26FN5O2/c22-15-8-7-12(10-14(15)20(28)25-17-6-2-1-5-16(17)23)11-18-19-13(4-3-9-24-19)21(29)27-26-18/h7-8,10,16-17,24H,1-6,9,11,23H2,(H,25,28)(H,27,29). The Hall–Kier alpha value is -2.74. The zero-order chi connectivity index (χ0) is 20.4. The molecule has 0 bridgehead atoms. The van der Waals surface area contributed by atoms with Crippen LogP contribution >= 0.6 is 0 Å². The number of benzene rings is 1. The number of carbonyl (C=O) groups excluding carboxylic acids is 1. The highest BCUT2D eigenvalue weighted by atomic mass is 19.1. The molecule has 1 aliphatic carbocycles. The van der Waals surface area contributed by atoms with Gasteiger partial charge >= 0.3 is 0 Å². The molecule has 1 aromatic heterocycles. The van der Waals surface area contributed by atoms with Crippen LogP contribution < -0.4 is 21.9 Å². The minimum Gasteiger partial charge on any atom is -0.383 e. The van der Waals surface area contributed by atoms with E-state index >= 15 is 0 Å². The zero-order valence-electron chi connectivity index (χ0n) is 16.3. The first-order valence-corrected chi connectivity index (χ1v) is 10.2. The van der Waals surface area contributed by atoms with Crippen molar-refractivity contribution in [2.45, 2.75) is 57.0 Å². The fourth-order valence-corrected chi connectivity index (χ4v) is 4.22. The van der Waals surface area contributed by atoms with Gasteiger partial charge in [0.05, 0.1) is 16.9 Å². The van der Waals surface area contributed by atoms with Crippen molar-refractivity contribution < 1.29 is 9.18 Å². The van der Waals surface area contributed by atoms with Crippen molar-refractivity contribution in [2.75, 3.05) is 11.9 Å². The van der Waals surface area contributed by atoms with E-state index in [1.54, 1.807) is 12.1 Å². The van der Waals surface area contributed by atoms with Gasteiger partial charge in [0.15, 0.2) is 0 Å². The Morgan fingerprint density at radius 2 is 2.10 bits per heavy atom. The van der Waals surface area contributed by atoms with E-state index in [1.165, 1.54) is 6.07 Å².